The normalized spacial score (nSPS) is 16.0. The number of hydrogen-bond acceptors (Lipinski definition) is 4. The molecular weight excluding hydrogens is 362 g/mol. The molecule has 1 aliphatic rings. The smallest absolute Gasteiger partial charge is 0.146 e. The molecule has 0 saturated carbocycles. The number of para-hydroxylation sites is 1. The van der Waals surface area contributed by atoms with Gasteiger partial charge in [0.05, 0.1) is 5.69 Å². The number of aliphatic hydroxyl groups is 1. The summed E-state index contributed by atoms with van der Waals surface area (Å²) in [6.45, 7) is 3.58. The van der Waals surface area contributed by atoms with E-state index in [0.29, 0.717) is 31.1 Å². The first-order valence-electron chi connectivity index (χ1n) is 8.40. The molecule has 1 unspecified atom stereocenters. The van der Waals surface area contributed by atoms with Crippen molar-refractivity contribution in [1.82, 2.24) is 4.90 Å². The first-order valence-corrected chi connectivity index (χ1v) is 8.40. The molecule has 1 heterocycles. The fourth-order valence-electron chi connectivity index (χ4n) is 2.95. The number of hydrogen-bond donors (Lipinski definition) is 1. The SMILES string of the molecule is OC(COc1ccc(F)cc1)CN1CCN(c2ccccc2F)CC1.[Cl-]. The van der Waals surface area contributed by atoms with Crippen molar-refractivity contribution in [3.05, 3.63) is 60.2 Å². The van der Waals surface area contributed by atoms with Gasteiger partial charge >= 0.3 is 0 Å². The summed E-state index contributed by atoms with van der Waals surface area (Å²) in [5, 5.41) is 10.1. The fraction of sp³-hybridized carbons (Fsp3) is 0.368. The predicted octanol–water partition coefficient (Wildman–Crippen LogP) is -0.469. The molecule has 2 aromatic rings. The van der Waals surface area contributed by atoms with Gasteiger partial charge in [-0.2, -0.15) is 0 Å². The van der Waals surface area contributed by atoms with Crippen molar-refractivity contribution in [2.45, 2.75) is 6.10 Å². The molecular formula is C19H22ClF2N2O2-. The molecule has 0 spiro atoms. The van der Waals surface area contributed by atoms with Crippen LogP contribution >= 0.6 is 0 Å². The van der Waals surface area contributed by atoms with E-state index in [4.69, 9.17) is 4.74 Å². The minimum Gasteiger partial charge on any atom is -1.00 e. The summed E-state index contributed by atoms with van der Waals surface area (Å²) >= 11 is 0. The maximum absolute atomic E-state index is 13.8. The third-order valence-electron chi connectivity index (χ3n) is 4.29. The molecule has 0 aliphatic carbocycles. The molecule has 26 heavy (non-hydrogen) atoms. The van der Waals surface area contributed by atoms with Crippen LogP contribution in [-0.2, 0) is 0 Å². The van der Waals surface area contributed by atoms with Gasteiger partial charge in [-0.3, -0.25) is 4.90 Å². The minimum atomic E-state index is -0.634. The minimum absolute atomic E-state index is 0. The Labute approximate surface area is 158 Å². The molecule has 7 heteroatoms. The van der Waals surface area contributed by atoms with Crippen molar-refractivity contribution in [2.75, 3.05) is 44.2 Å². The van der Waals surface area contributed by atoms with Crippen LogP contribution in [-0.4, -0.2) is 55.4 Å². The van der Waals surface area contributed by atoms with Crippen LogP contribution < -0.4 is 22.0 Å². The van der Waals surface area contributed by atoms with Crippen LogP contribution in [0.2, 0.25) is 0 Å². The molecule has 1 fully saturated rings. The highest BCUT2D eigenvalue weighted by Crippen LogP contribution is 2.20. The molecule has 1 atom stereocenters. The molecule has 1 N–H and O–H groups in total. The van der Waals surface area contributed by atoms with E-state index >= 15 is 0 Å². The molecule has 2 aromatic carbocycles. The lowest BCUT2D eigenvalue weighted by molar-refractivity contribution is -0.00000847. The second kappa shape index (κ2) is 9.71. The van der Waals surface area contributed by atoms with Crippen molar-refractivity contribution >= 4 is 5.69 Å². The number of aliphatic hydroxyl groups excluding tert-OH is 1. The summed E-state index contributed by atoms with van der Waals surface area (Å²) in [5.74, 6) is 0.00845. The maximum atomic E-state index is 13.8. The summed E-state index contributed by atoms with van der Waals surface area (Å²) in [7, 11) is 0. The van der Waals surface area contributed by atoms with Gasteiger partial charge in [0.15, 0.2) is 0 Å². The van der Waals surface area contributed by atoms with E-state index in [0.717, 1.165) is 13.1 Å². The highest BCUT2D eigenvalue weighted by molar-refractivity contribution is 5.47. The van der Waals surface area contributed by atoms with Gasteiger partial charge in [0, 0.05) is 32.7 Å². The van der Waals surface area contributed by atoms with Crippen molar-refractivity contribution in [3.63, 3.8) is 0 Å². The number of nitrogens with zero attached hydrogens (tertiary/aromatic N) is 2. The largest absolute Gasteiger partial charge is 1.00 e. The van der Waals surface area contributed by atoms with E-state index in [1.807, 2.05) is 11.0 Å². The van der Waals surface area contributed by atoms with Crippen LogP contribution in [0.3, 0.4) is 0 Å². The Hall–Kier alpha value is -1.89. The maximum Gasteiger partial charge on any atom is 0.146 e. The topological polar surface area (TPSA) is 35.9 Å². The fourth-order valence-corrected chi connectivity index (χ4v) is 2.95. The Morgan fingerprint density at radius 3 is 2.27 bits per heavy atom. The number of halogens is 3. The van der Waals surface area contributed by atoms with Gasteiger partial charge in [0.2, 0.25) is 0 Å². The van der Waals surface area contributed by atoms with Crippen LogP contribution in [0.1, 0.15) is 0 Å². The third-order valence-corrected chi connectivity index (χ3v) is 4.29. The summed E-state index contributed by atoms with van der Waals surface area (Å²) < 4.78 is 32.1. The van der Waals surface area contributed by atoms with E-state index in [9.17, 15) is 13.9 Å². The van der Waals surface area contributed by atoms with Crippen LogP contribution in [0.25, 0.3) is 0 Å². The van der Waals surface area contributed by atoms with Gasteiger partial charge < -0.3 is 27.2 Å². The van der Waals surface area contributed by atoms with Crippen LogP contribution in [0.4, 0.5) is 14.5 Å². The van der Waals surface area contributed by atoms with Gasteiger partial charge in [-0.05, 0) is 36.4 Å². The number of benzene rings is 2. The summed E-state index contributed by atoms with van der Waals surface area (Å²) in [6, 6.07) is 12.5. The number of rotatable bonds is 6. The Balaban J connectivity index is 0.00000243. The standard InChI is InChI=1S/C19H22F2N2O2.ClH/c20-15-5-7-17(8-6-15)25-14-16(24)13-22-9-11-23(12-10-22)19-4-2-1-3-18(19)21;/h1-8,16,24H,9-14H2;1H/p-1. The second-order valence-electron chi connectivity index (χ2n) is 6.16. The van der Waals surface area contributed by atoms with Crippen LogP contribution in [0.15, 0.2) is 48.5 Å². The quantitative estimate of drug-likeness (QED) is 0.732. The average Bonchev–Trinajstić information content (AvgIpc) is 2.62. The molecule has 0 radical (unpaired) electrons. The van der Waals surface area contributed by atoms with Crippen molar-refractivity contribution in [1.29, 1.82) is 0 Å². The Bertz CT molecular complexity index is 679. The van der Waals surface area contributed by atoms with Gasteiger partial charge in [-0.25, -0.2) is 8.78 Å². The Kier molecular flexibility index (Phi) is 7.63. The summed E-state index contributed by atoms with van der Waals surface area (Å²) in [4.78, 5) is 4.16. The van der Waals surface area contributed by atoms with E-state index in [1.165, 1.54) is 30.3 Å². The van der Waals surface area contributed by atoms with Crippen LogP contribution in [0.5, 0.6) is 5.75 Å². The molecule has 3 rings (SSSR count). The lowest BCUT2D eigenvalue weighted by Gasteiger charge is -2.36. The Morgan fingerprint density at radius 2 is 1.62 bits per heavy atom. The summed E-state index contributed by atoms with van der Waals surface area (Å²) in [6.07, 6.45) is -0.634. The number of anilines is 1. The first-order chi connectivity index (χ1) is 12.1. The number of β-amino-alcohol motifs (C(OH)–C–C–N with tert-alkyl or cyclic N) is 1. The van der Waals surface area contributed by atoms with Gasteiger partial charge in [0.1, 0.15) is 30.1 Å². The number of ether oxygens (including phenoxy) is 1. The molecule has 0 aromatic heterocycles. The molecule has 1 saturated heterocycles. The highest BCUT2D eigenvalue weighted by Gasteiger charge is 2.21. The Morgan fingerprint density at radius 1 is 0.962 bits per heavy atom. The van der Waals surface area contributed by atoms with Gasteiger partial charge in [0.25, 0.3) is 0 Å². The molecule has 4 nitrogen and oxygen atoms in total. The zero-order valence-corrected chi connectivity index (χ0v) is 15.1. The van der Waals surface area contributed by atoms with Gasteiger partial charge in [-0.1, -0.05) is 12.1 Å². The van der Waals surface area contributed by atoms with Crippen molar-refractivity contribution < 1.29 is 31.0 Å². The predicted molar refractivity (Wildman–Crippen MR) is 93.0 cm³/mol. The van der Waals surface area contributed by atoms with Crippen molar-refractivity contribution in [2.24, 2.45) is 0 Å². The highest BCUT2D eigenvalue weighted by atomic mass is 35.5. The van der Waals surface area contributed by atoms with Gasteiger partial charge in [-0.15, -0.1) is 0 Å². The summed E-state index contributed by atoms with van der Waals surface area (Å²) in [5.41, 5.74) is 0.627. The number of piperazine rings is 1. The van der Waals surface area contributed by atoms with E-state index in [2.05, 4.69) is 4.90 Å². The van der Waals surface area contributed by atoms with E-state index < -0.39 is 6.10 Å². The van der Waals surface area contributed by atoms with E-state index in [-0.39, 0.29) is 30.6 Å². The first kappa shape index (κ1) is 20.4. The molecule has 1 aliphatic heterocycles. The lowest BCUT2D eigenvalue weighted by atomic mass is 10.2. The van der Waals surface area contributed by atoms with Crippen molar-refractivity contribution in [3.8, 4) is 5.75 Å². The molecule has 0 amide bonds. The lowest BCUT2D eigenvalue weighted by Crippen LogP contribution is -3.00. The van der Waals surface area contributed by atoms with Crippen LogP contribution in [0, 0.1) is 11.6 Å². The molecule has 142 valence electrons. The molecule has 0 bridgehead atoms. The third kappa shape index (κ3) is 5.56. The average molecular weight is 384 g/mol. The van der Waals surface area contributed by atoms with E-state index in [1.54, 1.807) is 12.1 Å². The zero-order valence-electron chi connectivity index (χ0n) is 14.3. The monoisotopic (exact) mass is 383 g/mol. The second-order valence-corrected chi connectivity index (χ2v) is 6.16. The zero-order chi connectivity index (χ0) is 17.6.